The number of benzene rings is 1. The van der Waals surface area contributed by atoms with Gasteiger partial charge in [-0.05, 0) is 24.6 Å². The van der Waals surface area contributed by atoms with E-state index in [1.165, 1.54) is 17.0 Å². The van der Waals surface area contributed by atoms with Gasteiger partial charge >= 0.3 is 0 Å². The molecule has 0 atom stereocenters. The normalized spacial score (nSPS) is 10.6. The molecule has 3 nitrogen and oxygen atoms in total. The van der Waals surface area contributed by atoms with E-state index in [1.807, 2.05) is 6.92 Å². The summed E-state index contributed by atoms with van der Waals surface area (Å²) in [6, 6.07) is 4.25. The summed E-state index contributed by atoms with van der Waals surface area (Å²) in [7, 11) is 0. The molecule has 0 fully saturated rings. The number of aliphatic hydroxyl groups excluding tert-OH is 1. The fourth-order valence-corrected chi connectivity index (χ4v) is 2.39. The topological polar surface area (TPSA) is 42.4 Å². The number of rotatable bonds is 5. The number of halogens is 1. The summed E-state index contributed by atoms with van der Waals surface area (Å²) in [5, 5.41) is 8.97. The molecule has 0 unspecified atom stereocenters. The Morgan fingerprint density at radius 1 is 1.39 bits per heavy atom. The fourth-order valence-electron chi connectivity index (χ4n) is 1.62. The van der Waals surface area contributed by atoms with Crippen molar-refractivity contribution in [2.24, 2.45) is 0 Å². The van der Waals surface area contributed by atoms with Crippen molar-refractivity contribution >= 4 is 11.3 Å². The van der Waals surface area contributed by atoms with Crippen molar-refractivity contribution in [2.45, 2.75) is 20.0 Å². The number of aliphatic hydroxyl groups is 1. The molecule has 0 spiro atoms. The van der Waals surface area contributed by atoms with E-state index >= 15 is 0 Å². The minimum absolute atomic E-state index is 0.192. The van der Waals surface area contributed by atoms with E-state index in [9.17, 15) is 4.39 Å². The van der Waals surface area contributed by atoms with E-state index in [1.54, 1.807) is 22.9 Å². The first-order valence-electron chi connectivity index (χ1n) is 5.61. The Kier molecular flexibility index (Phi) is 4.28. The van der Waals surface area contributed by atoms with Gasteiger partial charge in [-0.15, -0.1) is 11.3 Å². The summed E-state index contributed by atoms with van der Waals surface area (Å²) in [5.74, 6) is 0.0479. The van der Waals surface area contributed by atoms with Crippen LogP contribution in [0.5, 0.6) is 5.75 Å². The maximum atomic E-state index is 13.2. The highest BCUT2D eigenvalue weighted by Gasteiger charge is 2.04. The molecule has 2 aromatic rings. The molecule has 2 rings (SSSR count). The summed E-state index contributed by atoms with van der Waals surface area (Å²) < 4.78 is 18.7. The molecule has 18 heavy (non-hydrogen) atoms. The highest BCUT2D eigenvalue weighted by molar-refractivity contribution is 7.09. The molecule has 0 aliphatic carbocycles. The predicted octanol–water partition coefficient (Wildman–Crippen LogP) is 2.70. The first-order chi connectivity index (χ1) is 8.69. The lowest BCUT2D eigenvalue weighted by atomic mass is 10.2. The van der Waals surface area contributed by atoms with Gasteiger partial charge in [-0.2, -0.15) is 0 Å². The average Bonchev–Trinajstić information content (AvgIpc) is 2.74. The van der Waals surface area contributed by atoms with Crippen molar-refractivity contribution in [3.8, 4) is 5.75 Å². The third-order valence-corrected chi connectivity index (χ3v) is 3.55. The minimum Gasteiger partial charge on any atom is -0.493 e. The van der Waals surface area contributed by atoms with Gasteiger partial charge in [0.25, 0.3) is 0 Å². The zero-order valence-electron chi connectivity index (χ0n) is 10.0. The molecule has 5 heteroatoms. The molecular formula is C13H14FNO2S. The molecule has 96 valence electrons. The van der Waals surface area contributed by atoms with Gasteiger partial charge in [0.15, 0.2) is 0 Å². The van der Waals surface area contributed by atoms with Crippen molar-refractivity contribution in [1.29, 1.82) is 0 Å². The lowest BCUT2D eigenvalue weighted by Gasteiger charge is -2.07. The van der Waals surface area contributed by atoms with Crippen LogP contribution in [-0.4, -0.2) is 16.7 Å². The number of aromatic nitrogens is 1. The van der Waals surface area contributed by atoms with Crippen LogP contribution in [0.2, 0.25) is 0 Å². The quantitative estimate of drug-likeness (QED) is 0.905. The second kappa shape index (κ2) is 5.93. The van der Waals surface area contributed by atoms with E-state index in [2.05, 4.69) is 4.98 Å². The van der Waals surface area contributed by atoms with Crippen molar-refractivity contribution in [3.05, 3.63) is 45.7 Å². The molecule has 0 bridgehead atoms. The van der Waals surface area contributed by atoms with E-state index < -0.39 is 5.82 Å². The standard InChI is InChI=1S/C13H14FNO2S/c1-9-13(18-8-15-9)2-3-17-12-5-10(7-16)4-11(14)6-12/h4-6,8,16H,2-3,7H2,1H3. The van der Waals surface area contributed by atoms with Crippen molar-refractivity contribution in [2.75, 3.05) is 6.61 Å². The Labute approximate surface area is 109 Å². The van der Waals surface area contributed by atoms with E-state index in [-0.39, 0.29) is 6.61 Å². The average molecular weight is 267 g/mol. The lowest BCUT2D eigenvalue weighted by Crippen LogP contribution is -2.02. The molecule has 0 saturated heterocycles. The summed E-state index contributed by atoms with van der Waals surface area (Å²) in [4.78, 5) is 5.33. The highest BCUT2D eigenvalue weighted by atomic mass is 32.1. The SMILES string of the molecule is Cc1ncsc1CCOc1cc(F)cc(CO)c1. The Morgan fingerprint density at radius 2 is 2.22 bits per heavy atom. The van der Waals surface area contributed by atoms with Crippen LogP contribution in [0, 0.1) is 12.7 Å². The summed E-state index contributed by atoms with van der Waals surface area (Å²) in [6.45, 7) is 2.23. The van der Waals surface area contributed by atoms with Crippen LogP contribution in [0.3, 0.4) is 0 Å². The molecule has 1 N–H and O–H groups in total. The number of hydrogen-bond acceptors (Lipinski definition) is 4. The molecule has 1 heterocycles. The number of ether oxygens (including phenoxy) is 1. The Morgan fingerprint density at radius 3 is 2.89 bits per heavy atom. The van der Waals surface area contributed by atoms with Crippen LogP contribution >= 0.6 is 11.3 Å². The molecule has 0 aliphatic heterocycles. The number of hydrogen-bond donors (Lipinski definition) is 1. The summed E-state index contributed by atoms with van der Waals surface area (Å²) in [5.41, 5.74) is 3.33. The lowest BCUT2D eigenvalue weighted by molar-refractivity contribution is 0.278. The van der Waals surface area contributed by atoms with Crippen LogP contribution in [0.4, 0.5) is 4.39 Å². The number of thiazole rings is 1. The monoisotopic (exact) mass is 267 g/mol. The van der Waals surface area contributed by atoms with Crippen LogP contribution in [0.15, 0.2) is 23.7 Å². The molecular weight excluding hydrogens is 253 g/mol. The second-order valence-corrected chi connectivity index (χ2v) is 4.85. The van der Waals surface area contributed by atoms with Gasteiger partial charge in [-0.3, -0.25) is 0 Å². The fraction of sp³-hybridized carbons (Fsp3) is 0.308. The summed E-state index contributed by atoms with van der Waals surface area (Å²) >= 11 is 1.59. The Balaban J connectivity index is 1.94. The smallest absolute Gasteiger partial charge is 0.127 e. The van der Waals surface area contributed by atoms with Gasteiger partial charge in [-0.1, -0.05) is 0 Å². The summed E-state index contributed by atoms with van der Waals surface area (Å²) in [6.07, 6.45) is 0.751. The van der Waals surface area contributed by atoms with Crippen molar-refractivity contribution in [1.82, 2.24) is 4.98 Å². The van der Waals surface area contributed by atoms with Crippen LogP contribution < -0.4 is 4.74 Å². The third kappa shape index (κ3) is 3.27. The zero-order valence-corrected chi connectivity index (χ0v) is 10.8. The van der Waals surface area contributed by atoms with Gasteiger partial charge in [0.1, 0.15) is 11.6 Å². The third-order valence-electron chi connectivity index (χ3n) is 2.56. The molecule has 1 aromatic carbocycles. The Hall–Kier alpha value is -1.46. The molecule has 0 saturated carbocycles. The van der Waals surface area contributed by atoms with Gasteiger partial charge in [0.05, 0.1) is 24.4 Å². The number of aryl methyl sites for hydroxylation is 1. The van der Waals surface area contributed by atoms with Gasteiger partial charge in [-0.25, -0.2) is 9.37 Å². The molecule has 1 aromatic heterocycles. The van der Waals surface area contributed by atoms with Crippen LogP contribution in [0.1, 0.15) is 16.1 Å². The highest BCUT2D eigenvalue weighted by Crippen LogP contribution is 2.18. The zero-order chi connectivity index (χ0) is 13.0. The maximum Gasteiger partial charge on any atom is 0.127 e. The minimum atomic E-state index is -0.398. The molecule has 0 amide bonds. The van der Waals surface area contributed by atoms with Gasteiger partial charge in [0.2, 0.25) is 0 Å². The van der Waals surface area contributed by atoms with Crippen LogP contribution in [-0.2, 0) is 13.0 Å². The second-order valence-electron chi connectivity index (χ2n) is 3.91. The van der Waals surface area contributed by atoms with Gasteiger partial charge < -0.3 is 9.84 Å². The van der Waals surface area contributed by atoms with E-state index in [0.29, 0.717) is 17.9 Å². The molecule has 0 radical (unpaired) electrons. The van der Waals surface area contributed by atoms with Crippen molar-refractivity contribution < 1.29 is 14.2 Å². The van der Waals surface area contributed by atoms with Crippen molar-refractivity contribution in [3.63, 3.8) is 0 Å². The van der Waals surface area contributed by atoms with E-state index in [0.717, 1.165) is 12.1 Å². The first-order valence-corrected chi connectivity index (χ1v) is 6.49. The van der Waals surface area contributed by atoms with E-state index in [4.69, 9.17) is 9.84 Å². The number of nitrogens with zero attached hydrogens (tertiary/aromatic N) is 1. The largest absolute Gasteiger partial charge is 0.493 e. The Bertz CT molecular complexity index is 527. The van der Waals surface area contributed by atoms with Crippen LogP contribution in [0.25, 0.3) is 0 Å². The molecule has 0 aliphatic rings. The van der Waals surface area contributed by atoms with Gasteiger partial charge in [0, 0.05) is 17.4 Å². The predicted molar refractivity (Wildman–Crippen MR) is 68.4 cm³/mol. The maximum absolute atomic E-state index is 13.2. The first kappa shape index (κ1) is 13.0.